The normalized spacial score (nSPS) is 21.6. The van der Waals surface area contributed by atoms with Crippen molar-refractivity contribution in [2.45, 2.75) is 18.8 Å². The molecule has 0 aromatic heterocycles. The Hall–Kier alpha value is -1.44. The van der Waals surface area contributed by atoms with Gasteiger partial charge in [-0.25, -0.2) is 4.39 Å². The predicted molar refractivity (Wildman–Crippen MR) is 52.5 cm³/mol. The van der Waals surface area contributed by atoms with E-state index >= 15 is 0 Å². The van der Waals surface area contributed by atoms with Crippen LogP contribution in [0.15, 0.2) is 36.4 Å². The number of benzene rings is 1. The second-order valence-electron chi connectivity index (χ2n) is 3.68. The van der Waals surface area contributed by atoms with E-state index in [0.29, 0.717) is 18.4 Å². The van der Waals surface area contributed by atoms with Crippen LogP contribution in [0, 0.1) is 5.82 Å². The Morgan fingerprint density at radius 1 is 1.21 bits per heavy atom. The van der Waals surface area contributed by atoms with Crippen LogP contribution in [0.5, 0.6) is 0 Å². The highest BCUT2D eigenvalue weighted by atomic mass is 19.1. The maximum atomic E-state index is 12.6. The van der Waals surface area contributed by atoms with Crippen molar-refractivity contribution in [3.05, 3.63) is 47.8 Å². The van der Waals surface area contributed by atoms with Crippen LogP contribution in [-0.2, 0) is 4.79 Å². The minimum Gasteiger partial charge on any atom is -0.295 e. The summed E-state index contributed by atoms with van der Waals surface area (Å²) in [5.41, 5.74) is 1.72. The summed E-state index contributed by atoms with van der Waals surface area (Å²) >= 11 is 0. The fourth-order valence-corrected chi connectivity index (χ4v) is 1.82. The molecule has 0 amide bonds. The van der Waals surface area contributed by atoms with Crippen LogP contribution >= 0.6 is 0 Å². The summed E-state index contributed by atoms with van der Waals surface area (Å²) in [7, 11) is 0. The predicted octanol–water partition coefficient (Wildman–Crippen LogP) is 2.83. The van der Waals surface area contributed by atoms with Crippen molar-refractivity contribution in [1.82, 2.24) is 0 Å². The molecule has 0 aliphatic heterocycles. The number of rotatable bonds is 1. The van der Waals surface area contributed by atoms with Crippen molar-refractivity contribution in [3.8, 4) is 0 Å². The minimum absolute atomic E-state index is 0.138. The van der Waals surface area contributed by atoms with Gasteiger partial charge in [0.2, 0.25) is 0 Å². The summed E-state index contributed by atoms with van der Waals surface area (Å²) in [5.74, 6) is 0.104. The van der Waals surface area contributed by atoms with Gasteiger partial charge in [0.25, 0.3) is 0 Å². The summed E-state index contributed by atoms with van der Waals surface area (Å²) in [6, 6.07) is 6.35. The molecule has 1 nitrogen and oxygen atoms in total. The summed E-state index contributed by atoms with van der Waals surface area (Å²) in [6.07, 6.45) is 1.23. The van der Waals surface area contributed by atoms with E-state index in [0.717, 1.165) is 5.56 Å². The van der Waals surface area contributed by atoms with Crippen LogP contribution < -0.4 is 0 Å². The summed E-state index contributed by atoms with van der Waals surface area (Å²) in [6.45, 7) is 3.70. The van der Waals surface area contributed by atoms with E-state index < -0.39 is 0 Å². The van der Waals surface area contributed by atoms with E-state index in [-0.39, 0.29) is 17.5 Å². The van der Waals surface area contributed by atoms with Crippen LogP contribution in [0.2, 0.25) is 0 Å². The molecule has 72 valence electrons. The van der Waals surface area contributed by atoms with Gasteiger partial charge >= 0.3 is 0 Å². The van der Waals surface area contributed by atoms with E-state index in [4.69, 9.17) is 0 Å². The first-order valence-electron chi connectivity index (χ1n) is 4.63. The number of allylic oxidation sites excluding steroid dienone is 1. The second-order valence-corrected chi connectivity index (χ2v) is 3.68. The largest absolute Gasteiger partial charge is 0.295 e. The van der Waals surface area contributed by atoms with Gasteiger partial charge in [-0.1, -0.05) is 18.7 Å². The number of carbonyl (C=O) groups excluding carboxylic acids is 1. The SMILES string of the molecule is C=C1CC(c2ccc(F)cc2)CC1=O. The lowest BCUT2D eigenvalue weighted by Gasteiger charge is -2.07. The monoisotopic (exact) mass is 190 g/mol. The average Bonchev–Trinajstić information content (AvgIpc) is 2.48. The Bertz CT molecular complexity index is 362. The molecule has 1 aliphatic rings. The third kappa shape index (κ3) is 1.60. The molecule has 1 aromatic rings. The summed E-state index contributed by atoms with van der Waals surface area (Å²) < 4.78 is 12.6. The lowest BCUT2D eigenvalue weighted by molar-refractivity contribution is -0.114. The first-order chi connectivity index (χ1) is 6.66. The molecule has 0 spiro atoms. The molecule has 2 rings (SSSR count). The molecule has 1 fully saturated rings. The second kappa shape index (κ2) is 3.37. The van der Waals surface area contributed by atoms with Gasteiger partial charge in [0, 0.05) is 6.42 Å². The molecule has 1 unspecified atom stereocenters. The zero-order valence-electron chi connectivity index (χ0n) is 7.79. The smallest absolute Gasteiger partial charge is 0.158 e. The van der Waals surface area contributed by atoms with E-state index in [9.17, 15) is 9.18 Å². The Morgan fingerprint density at radius 2 is 1.86 bits per heavy atom. The Kier molecular flexibility index (Phi) is 2.20. The Balaban J connectivity index is 2.21. The van der Waals surface area contributed by atoms with Gasteiger partial charge in [-0.3, -0.25) is 4.79 Å². The van der Waals surface area contributed by atoms with Crippen molar-refractivity contribution in [1.29, 1.82) is 0 Å². The van der Waals surface area contributed by atoms with Crippen molar-refractivity contribution in [3.63, 3.8) is 0 Å². The van der Waals surface area contributed by atoms with E-state index in [1.54, 1.807) is 12.1 Å². The first-order valence-corrected chi connectivity index (χ1v) is 4.63. The molecular formula is C12H11FO. The molecule has 0 saturated heterocycles. The molecule has 0 heterocycles. The molecular weight excluding hydrogens is 179 g/mol. The molecule has 2 heteroatoms. The average molecular weight is 190 g/mol. The van der Waals surface area contributed by atoms with Gasteiger partial charge in [-0.05, 0) is 35.6 Å². The molecule has 0 N–H and O–H groups in total. The van der Waals surface area contributed by atoms with Gasteiger partial charge in [-0.15, -0.1) is 0 Å². The van der Waals surface area contributed by atoms with Crippen LogP contribution in [0.4, 0.5) is 4.39 Å². The van der Waals surface area contributed by atoms with E-state index in [2.05, 4.69) is 6.58 Å². The van der Waals surface area contributed by atoms with Crippen molar-refractivity contribution < 1.29 is 9.18 Å². The third-order valence-electron chi connectivity index (χ3n) is 2.66. The number of ketones is 1. The van der Waals surface area contributed by atoms with Crippen LogP contribution in [0.25, 0.3) is 0 Å². The standard InChI is InChI=1S/C12H11FO/c1-8-6-10(7-12(8)14)9-2-4-11(13)5-3-9/h2-5,10H,1,6-7H2. The fraction of sp³-hybridized carbons (Fsp3) is 0.250. The summed E-state index contributed by atoms with van der Waals surface area (Å²) in [4.78, 5) is 11.3. The number of carbonyl (C=O) groups is 1. The van der Waals surface area contributed by atoms with Gasteiger partial charge in [-0.2, -0.15) is 0 Å². The Labute approximate surface area is 82.3 Å². The van der Waals surface area contributed by atoms with Gasteiger partial charge in [0.05, 0.1) is 0 Å². The first kappa shape index (κ1) is 9.13. The fourth-order valence-electron chi connectivity index (χ4n) is 1.82. The lowest BCUT2D eigenvalue weighted by Crippen LogP contribution is -1.94. The van der Waals surface area contributed by atoms with Crippen LogP contribution in [-0.4, -0.2) is 5.78 Å². The zero-order chi connectivity index (χ0) is 10.1. The van der Waals surface area contributed by atoms with Gasteiger partial charge in [0.1, 0.15) is 5.82 Å². The van der Waals surface area contributed by atoms with E-state index in [1.807, 2.05) is 0 Å². The topological polar surface area (TPSA) is 17.1 Å². The minimum atomic E-state index is -0.239. The van der Waals surface area contributed by atoms with Crippen molar-refractivity contribution >= 4 is 5.78 Å². The molecule has 0 bridgehead atoms. The van der Waals surface area contributed by atoms with Gasteiger partial charge in [0.15, 0.2) is 5.78 Å². The number of Topliss-reactive ketones (excluding diaryl/α,β-unsaturated/α-hetero) is 1. The highest BCUT2D eigenvalue weighted by Gasteiger charge is 2.26. The number of hydrogen-bond donors (Lipinski definition) is 0. The lowest BCUT2D eigenvalue weighted by atomic mass is 9.97. The molecule has 0 radical (unpaired) electrons. The molecule has 1 aliphatic carbocycles. The van der Waals surface area contributed by atoms with Gasteiger partial charge < -0.3 is 0 Å². The van der Waals surface area contributed by atoms with Crippen LogP contribution in [0.1, 0.15) is 24.3 Å². The Morgan fingerprint density at radius 3 is 2.36 bits per heavy atom. The highest BCUT2D eigenvalue weighted by molar-refractivity contribution is 5.97. The van der Waals surface area contributed by atoms with Crippen molar-refractivity contribution in [2.75, 3.05) is 0 Å². The molecule has 1 atom stereocenters. The number of hydrogen-bond acceptors (Lipinski definition) is 1. The highest BCUT2D eigenvalue weighted by Crippen LogP contribution is 2.34. The van der Waals surface area contributed by atoms with Crippen molar-refractivity contribution in [2.24, 2.45) is 0 Å². The van der Waals surface area contributed by atoms with E-state index in [1.165, 1.54) is 12.1 Å². The maximum absolute atomic E-state index is 12.6. The maximum Gasteiger partial charge on any atom is 0.158 e. The zero-order valence-corrected chi connectivity index (χ0v) is 7.79. The summed E-state index contributed by atoms with van der Waals surface area (Å²) in [5, 5.41) is 0. The number of halogens is 1. The molecule has 14 heavy (non-hydrogen) atoms. The van der Waals surface area contributed by atoms with Crippen LogP contribution in [0.3, 0.4) is 0 Å². The quantitative estimate of drug-likeness (QED) is 0.622. The third-order valence-corrected chi connectivity index (χ3v) is 2.66. The molecule has 1 aromatic carbocycles. The molecule has 1 saturated carbocycles.